The molecule has 0 fully saturated rings. The minimum atomic E-state index is -0.0179. The molecule has 0 aromatic heterocycles. The molecule has 0 saturated heterocycles. The van der Waals surface area contributed by atoms with Gasteiger partial charge >= 0.3 is 0 Å². The summed E-state index contributed by atoms with van der Waals surface area (Å²) in [5.41, 5.74) is 8.41. The fraction of sp³-hybridized carbons (Fsp3) is 0.200. The number of halogens is 1. The van der Waals surface area contributed by atoms with Crippen molar-refractivity contribution in [3.63, 3.8) is 0 Å². The maximum atomic E-state index is 6.17. The van der Waals surface area contributed by atoms with Crippen molar-refractivity contribution >= 4 is 11.6 Å². The summed E-state index contributed by atoms with van der Waals surface area (Å²) in [6.45, 7) is 0. The number of rotatable bonds is 4. The topological polar surface area (TPSA) is 35.2 Å². The molecule has 0 bridgehead atoms. The highest BCUT2D eigenvalue weighted by atomic mass is 35.5. The molecule has 0 amide bonds. The summed E-state index contributed by atoms with van der Waals surface area (Å²) in [6, 6.07) is 15.8. The van der Waals surface area contributed by atoms with Crippen LogP contribution in [0.1, 0.15) is 17.2 Å². The Morgan fingerprint density at radius 2 is 1.89 bits per heavy atom. The molecule has 2 aromatic carbocycles. The molecule has 0 aliphatic heterocycles. The van der Waals surface area contributed by atoms with Gasteiger partial charge in [0.1, 0.15) is 5.75 Å². The molecule has 2 rings (SSSR count). The van der Waals surface area contributed by atoms with E-state index in [1.807, 2.05) is 48.5 Å². The number of methoxy groups -OCH3 is 1. The van der Waals surface area contributed by atoms with Gasteiger partial charge in [0, 0.05) is 6.04 Å². The fourth-order valence-electron chi connectivity index (χ4n) is 1.91. The molecule has 1 atom stereocenters. The number of benzene rings is 2. The Labute approximate surface area is 112 Å². The first-order valence-electron chi connectivity index (χ1n) is 5.83. The van der Waals surface area contributed by atoms with Crippen LogP contribution < -0.4 is 10.5 Å². The highest BCUT2D eigenvalue weighted by Gasteiger charge is 2.08. The second-order valence-corrected chi connectivity index (χ2v) is 4.60. The van der Waals surface area contributed by atoms with E-state index in [0.717, 1.165) is 17.5 Å². The van der Waals surface area contributed by atoms with Gasteiger partial charge in [-0.25, -0.2) is 0 Å². The van der Waals surface area contributed by atoms with Gasteiger partial charge in [-0.3, -0.25) is 0 Å². The van der Waals surface area contributed by atoms with Gasteiger partial charge in [-0.05, 0) is 29.7 Å². The lowest BCUT2D eigenvalue weighted by Gasteiger charge is -2.13. The fourth-order valence-corrected chi connectivity index (χ4v) is 2.19. The minimum Gasteiger partial charge on any atom is -0.495 e. The van der Waals surface area contributed by atoms with Crippen LogP contribution >= 0.6 is 11.6 Å². The predicted octanol–water partition coefficient (Wildman–Crippen LogP) is 3.59. The summed E-state index contributed by atoms with van der Waals surface area (Å²) in [7, 11) is 1.61. The van der Waals surface area contributed by atoms with Crippen LogP contribution in [-0.4, -0.2) is 7.11 Å². The molecule has 1 unspecified atom stereocenters. The van der Waals surface area contributed by atoms with E-state index in [1.54, 1.807) is 7.11 Å². The van der Waals surface area contributed by atoms with Crippen molar-refractivity contribution in [1.29, 1.82) is 0 Å². The normalized spacial score (nSPS) is 12.2. The van der Waals surface area contributed by atoms with E-state index in [-0.39, 0.29) is 6.04 Å². The van der Waals surface area contributed by atoms with Gasteiger partial charge in [-0.1, -0.05) is 48.0 Å². The Hall–Kier alpha value is -1.51. The van der Waals surface area contributed by atoms with Gasteiger partial charge in [0.15, 0.2) is 0 Å². The van der Waals surface area contributed by atoms with Crippen molar-refractivity contribution < 1.29 is 4.74 Å². The molecule has 0 saturated carbocycles. The smallest absolute Gasteiger partial charge is 0.137 e. The van der Waals surface area contributed by atoms with Crippen LogP contribution in [0.5, 0.6) is 5.75 Å². The van der Waals surface area contributed by atoms with Crippen LogP contribution in [0.2, 0.25) is 5.02 Å². The van der Waals surface area contributed by atoms with Crippen molar-refractivity contribution in [3.8, 4) is 5.75 Å². The van der Waals surface area contributed by atoms with E-state index in [9.17, 15) is 0 Å². The van der Waals surface area contributed by atoms with Crippen LogP contribution in [-0.2, 0) is 6.42 Å². The number of hydrogen-bond donors (Lipinski definition) is 1. The van der Waals surface area contributed by atoms with Crippen LogP contribution in [0.4, 0.5) is 0 Å². The van der Waals surface area contributed by atoms with Gasteiger partial charge < -0.3 is 10.5 Å². The highest BCUT2D eigenvalue weighted by molar-refractivity contribution is 6.32. The minimum absolute atomic E-state index is 0.0179. The molecule has 2 nitrogen and oxygen atoms in total. The quantitative estimate of drug-likeness (QED) is 0.913. The highest BCUT2D eigenvalue weighted by Crippen LogP contribution is 2.26. The average Bonchev–Trinajstić information content (AvgIpc) is 2.40. The molecule has 3 heteroatoms. The van der Waals surface area contributed by atoms with E-state index in [4.69, 9.17) is 22.1 Å². The molecule has 18 heavy (non-hydrogen) atoms. The lowest BCUT2D eigenvalue weighted by atomic mass is 10.00. The van der Waals surface area contributed by atoms with E-state index < -0.39 is 0 Å². The van der Waals surface area contributed by atoms with Crippen LogP contribution in [0.15, 0.2) is 48.5 Å². The third kappa shape index (κ3) is 3.03. The first-order chi connectivity index (χ1) is 8.70. The molecule has 0 radical (unpaired) electrons. The first-order valence-corrected chi connectivity index (χ1v) is 6.21. The molecule has 0 aliphatic rings. The van der Waals surface area contributed by atoms with E-state index >= 15 is 0 Å². The van der Waals surface area contributed by atoms with E-state index in [0.29, 0.717) is 10.8 Å². The summed E-state index contributed by atoms with van der Waals surface area (Å²) in [5, 5.41) is 0.621. The third-order valence-corrected chi connectivity index (χ3v) is 3.19. The Morgan fingerprint density at radius 1 is 1.17 bits per heavy atom. The maximum Gasteiger partial charge on any atom is 0.137 e. The molecule has 0 heterocycles. The Kier molecular flexibility index (Phi) is 4.24. The Bertz CT molecular complexity index is 513. The van der Waals surface area contributed by atoms with Crippen LogP contribution in [0, 0.1) is 0 Å². The van der Waals surface area contributed by atoms with Crippen molar-refractivity contribution in [2.24, 2.45) is 5.73 Å². The van der Waals surface area contributed by atoms with Crippen molar-refractivity contribution in [2.75, 3.05) is 7.11 Å². The molecule has 2 aromatic rings. The molecule has 94 valence electrons. The standard InChI is InChI=1S/C15H16ClNO/c1-18-15-8-7-11(9-13(15)16)10-14(17)12-5-3-2-4-6-12/h2-9,14H,10,17H2,1H3. The zero-order valence-corrected chi connectivity index (χ0v) is 11.0. The molecular weight excluding hydrogens is 246 g/mol. The van der Waals surface area contributed by atoms with Gasteiger partial charge in [0.25, 0.3) is 0 Å². The van der Waals surface area contributed by atoms with Gasteiger partial charge in [0.2, 0.25) is 0 Å². The van der Waals surface area contributed by atoms with E-state index in [2.05, 4.69) is 0 Å². The SMILES string of the molecule is COc1ccc(CC(N)c2ccccc2)cc1Cl. The van der Waals surface area contributed by atoms with Crippen LogP contribution in [0.25, 0.3) is 0 Å². The summed E-state index contributed by atoms with van der Waals surface area (Å²) in [4.78, 5) is 0. The lowest BCUT2D eigenvalue weighted by Crippen LogP contribution is -2.13. The largest absolute Gasteiger partial charge is 0.495 e. The third-order valence-electron chi connectivity index (χ3n) is 2.90. The zero-order chi connectivity index (χ0) is 13.0. The van der Waals surface area contributed by atoms with Gasteiger partial charge in [-0.15, -0.1) is 0 Å². The molecule has 2 N–H and O–H groups in total. The summed E-state index contributed by atoms with van der Waals surface area (Å²) < 4.78 is 5.13. The van der Waals surface area contributed by atoms with Gasteiger partial charge in [-0.2, -0.15) is 0 Å². The second-order valence-electron chi connectivity index (χ2n) is 4.19. The summed E-state index contributed by atoms with van der Waals surface area (Å²) >= 11 is 6.09. The molecule has 0 spiro atoms. The summed E-state index contributed by atoms with van der Waals surface area (Å²) in [5.74, 6) is 0.689. The Morgan fingerprint density at radius 3 is 2.50 bits per heavy atom. The first kappa shape index (κ1) is 12.9. The zero-order valence-electron chi connectivity index (χ0n) is 10.3. The average molecular weight is 262 g/mol. The number of hydrogen-bond acceptors (Lipinski definition) is 2. The maximum absolute atomic E-state index is 6.17. The van der Waals surface area contributed by atoms with Crippen molar-refractivity contribution in [2.45, 2.75) is 12.5 Å². The van der Waals surface area contributed by atoms with Crippen molar-refractivity contribution in [1.82, 2.24) is 0 Å². The van der Waals surface area contributed by atoms with Crippen molar-refractivity contribution in [3.05, 3.63) is 64.7 Å². The number of ether oxygens (including phenoxy) is 1. The van der Waals surface area contributed by atoms with E-state index in [1.165, 1.54) is 0 Å². The van der Waals surface area contributed by atoms with Gasteiger partial charge in [0.05, 0.1) is 12.1 Å². The monoisotopic (exact) mass is 261 g/mol. The Balaban J connectivity index is 2.12. The lowest BCUT2D eigenvalue weighted by molar-refractivity contribution is 0.415. The number of nitrogens with two attached hydrogens (primary N) is 1. The molecule has 0 aliphatic carbocycles. The van der Waals surface area contributed by atoms with Crippen LogP contribution in [0.3, 0.4) is 0 Å². The summed E-state index contributed by atoms with van der Waals surface area (Å²) in [6.07, 6.45) is 0.758. The second kappa shape index (κ2) is 5.89. The molecular formula is C15H16ClNO. The predicted molar refractivity (Wildman–Crippen MR) is 75.1 cm³/mol.